The van der Waals surface area contributed by atoms with Gasteiger partial charge in [-0.05, 0) is 43.7 Å². The second-order valence-corrected chi connectivity index (χ2v) is 6.19. The van der Waals surface area contributed by atoms with E-state index < -0.39 is 0 Å². The zero-order chi connectivity index (χ0) is 17.6. The van der Waals surface area contributed by atoms with Gasteiger partial charge in [0.25, 0.3) is 5.91 Å². The van der Waals surface area contributed by atoms with E-state index in [4.69, 9.17) is 16.3 Å². The van der Waals surface area contributed by atoms with Gasteiger partial charge in [-0.2, -0.15) is 0 Å². The van der Waals surface area contributed by atoms with Crippen LogP contribution in [0, 0.1) is 6.92 Å². The number of aromatic nitrogens is 2. The lowest BCUT2D eigenvalue weighted by atomic mass is 10.3. The third kappa shape index (κ3) is 4.51. The SMILES string of the molecule is Cc1nc2ccccc2n1CCCNC(=O)COc1cccc(Cl)c1. The molecule has 0 aliphatic carbocycles. The van der Waals surface area contributed by atoms with E-state index in [0.29, 0.717) is 17.3 Å². The molecule has 0 bridgehead atoms. The summed E-state index contributed by atoms with van der Waals surface area (Å²) in [6.07, 6.45) is 0.824. The Hall–Kier alpha value is -2.53. The van der Waals surface area contributed by atoms with Gasteiger partial charge >= 0.3 is 0 Å². The lowest BCUT2D eigenvalue weighted by Gasteiger charge is -2.09. The first kappa shape index (κ1) is 17.3. The Kier molecular flexibility index (Phi) is 5.56. The van der Waals surface area contributed by atoms with Gasteiger partial charge in [0.2, 0.25) is 0 Å². The minimum absolute atomic E-state index is 0.0205. The molecule has 0 aliphatic rings. The van der Waals surface area contributed by atoms with Crippen LogP contribution < -0.4 is 10.1 Å². The van der Waals surface area contributed by atoms with E-state index in [1.807, 2.05) is 25.1 Å². The van der Waals surface area contributed by atoms with Crippen molar-refractivity contribution in [2.45, 2.75) is 19.9 Å². The van der Waals surface area contributed by atoms with E-state index >= 15 is 0 Å². The molecule has 0 spiro atoms. The lowest BCUT2D eigenvalue weighted by molar-refractivity contribution is -0.123. The number of hydrogen-bond acceptors (Lipinski definition) is 3. The Morgan fingerprint density at radius 3 is 2.92 bits per heavy atom. The number of hydrogen-bond donors (Lipinski definition) is 1. The minimum Gasteiger partial charge on any atom is -0.484 e. The number of benzene rings is 2. The molecule has 2 aromatic carbocycles. The Bertz CT molecular complexity index is 876. The van der Waals surface area contributed by atoms with E-state index in [-0.39, 0.29) is 12.5 Å². The van der Waals surface area contributed by atoms with Gasteiger partial charge in [-0.1, -0.05) is 29.8 Å². The van der Waals surface area contributed by atoms with Crippen molar-refractivity contribution < 1.29 is 9.53 Å². The molecule has 25 heavy (non-hydrogen) atoms. The largest absolute Gasteiger partial charge is 0.484 e. The number of halogens is 1. The number of amides is 1. The number of imidazole rings is 1. The third-order valence-electron chi connectivity index (χ3n) is 3.89. The first-order valence-corrected chi connectivity index (χ1v) is 8.58. The fourth-order valence-electron chi connectivity index (χ4n) is 2.70. The van der Waals surface area contributed by atoms with Crippen LogP contribution in [0.2, 0.25) is 5.02 Å². The molecule has 1 aromatic heterocycles. The normalized spacial score (nSPS) is 10.8. The number of rotatable bonds is 7. The smallest absolute Gasteiger partial charge is 0.257 e. The van der Waals surface area contributed by atoms with Gasteiger partial charge in [0.05, 0.1) is 11.0 Å². The number of ether oxygens (including phenoxy) is 1. The van der Waals surface area contributed by atoms with Crippen molar-refractivity contribution in [3.05, 3.63) is 59.4 Å². The molecule has 5 nitrogen and oxygen atoms in total. The van der Waals surface area contributed by atoms with Gasteiger partial charge in [0.1, 0.15) is 11.6 Å². The highest BCUT2D eigenvalue weighted by Crippen LogP contribution is 2.17. The molecule has 0 radical (unpaired) electrons. The van der Waals surface area contributed by atoms with E-state index in [1.54, 1.807) is 24.3 Å². The van der Waals surface area contributed by atoms with Crippen molar-refractivity contribution in [2.75, 3.05) is 13.2 Å². The highest BCUT2D eigenvalue weighted by Gasteiger charge is 2.07. The quantitative estimate of drug-likeness (QED) is 0.657. The number of carbonyl (C=O) groups is 1. The number of fused-ring (bicyclic) bond motifs is 1. The molecule has 0 unspecified atom stereocenters. The van der Waals surface area contributed by atoms with Crippen molar-refractivity contribution >= 4 is 28.5 Å². The van der Waals surface area contributed by atoms with E-state index in [0.717, 1.165) is 29.8 Å². The molecule has 6 heteroatoms. The van der Waals surface area contributed by atoms with Crippen molar-refractivity contribution in [1.29, 1.82) is 0 Å². The van der Waals surface area contributed by atoms with Crippen molar-refractivity contribution in [3.63, 3.8) is 0 Å². The Morgan fingerprint density at radius 2 is 2.08 bits per heavy atom. The lowest BCUT2D eigenvalue weighted by Crippen LogP contribution is -2.30. The monoisotopic (exact) mass is 357 g/mol. The molecule has 0 saturated heterocycles. The summed E-state index contributed by atoms with van der Waals surface area (Å²) < 4.78 is 7.59. The molecule has 0 aliphatic heterocycles. The number of aryl methyl sites for hydroxylation is 2. The summed E-state index contributed by atoms with van der Waals surface area (Å²) >= 11 is 5.88. The average molecular weight is 358 g/mol. The number of para-hydroxylation sites is 2. The van der Waals surface area contributed by atoms with Crippen LogP contribution in [0.25, 0.3) is 11.0 Å². The fourth-order valence-corrected chi connectivity index (χ4v) is 2.88. The van der Waals surface area contributed by atoms with E-state index in [9.17, 15) is 4.79 Å². The van der Waals surface area contributed by atoms with Gasteiger partial charge in [0.15, 0.2) is 6.61 Å². The standard InChI is InChI=1S/C19H20ClN3O2/c1-14-22-17-8-2-3-9-18(17)23(14)11-5-10-21-19(24)13-25-16-7-4-6-15(20)12-16/h2-4,6-9,12H,5,10-11,13H2,1H3,(H,21,24). The van der Waals surface area contributed by atoms with Crippen molar-refractivity contribution in [2.24, 2.45) is 0 Å². The summed E-state index contributed by atoms with van der Waals surface area (Å²) in [5.41, 5.74) is 2.12. The van der Waals surface area contributed by atoms with Crippen LogP contribution in [-0.2, 0) is 11.3 Å². The van der Waals surface area contributed by atoms with Crippen molar-refractivity contribution in [3.8, 4) is 5.75 Å². The van der Waals surface area contributed by atoms with Crippen LogP contribution in [0.4, 0.5) is 0 Å². The van der Waals surface area contributed by atoms with Gasteiger partial charge in [-0.25, -0.2) is 4.98 Å². The van der Waals surface area contributed by atoms with Gasteiger partial charge < -0.3 is 14.6 Å². The molecule has 3 aromatic rings. The summed E-state index contributed by atoms with van der Waals surface area (Å²) in [6, 6.07) is 15.1. The summed E-state index contributed by atoms with van der Waals surface area (Å²) in [7, 11) is 0. The molecule has 0 fully saturated rings. The maximum atomic E-state index is 11.9. The summed E-state index contributed by atoms with van der Waals surface area (Å²) in [5, 5.41) is 3.45. The molecule has 0 atom stereocenters. The second-order valence-electron chi connectivity index (χ2n) is 5.75. The summed E-state index contributed by atoms with van der Waals surface area (Å²) in [4.78, 5) is 16.4. The van der Waals surface area contributed by atoms with Crippen LogP contribution in [0.15, 0.2) is 48.5 Å². The number of carbonyl (C=O) groups excluding carboxylic acids is 1. The summed E-state index contributed by atoms with van der Waals surface area (Å²) in [5.74, 6) is 1.42. The Balaban J connectivity index is 1.43. The topological polar surface area (TPSA) is 56.2 Å². The molecule has 1 heterocycles. The van der Waals surface area contributed by atoms with Crippen LogP contribution in [0.3, 0.4) is 0 Å². The third-order valence-corrected chi connectivity index (χ3v) is 4.13. The van der Waals surface area contributed by atoms with Gasteiger partial charge in [-0.15, -0.1) is 0 Å². The molecule has 3 rings (SSSR count). The first-order chi connectivity index (χ1) is 12.1. The number of nitrogens with zero attached hydrogens (tertiary/aromatic N) is 2. The molecular formula is C19H20ClN3O2. The molecule has 1 amide bonds. The van der Waals surface area contributed by atoms with E-state index in [1.165, 1.54) is 0 Å². The average Bonchev–Trinajstić information content (AvgIpc) is 2.92. The predicted octanol–water partition coefficient (Wildman–Crippen LogP) is 3.58. The zero-order valence-electron chi connectivity index (χ0n) is 14.0. The van der Waals surface area contributed by atoms with Crippen LogP contribution in [0.5, 0.6) is 5.75 Å². The number of nitrogens with one attached hydrogen (secondary N) is 1. The van der Waals surface area contributed by atoms with Crippen LogP contribution in [0.1, 0.15) is 12.2 Å². The van der Waals surface area contributed by atoms with Gasteiger partial charge in [0, 0.05) is 18.1 Å². The van der Waals surface area contributed by atoms with Crippen molar-refractivity contribution in [1.82, 2.24) is 14.9 Å². The van der Waals surface area contributed by atoms with E-state index in [2.05, 4.69) is 20.9 Å². The summed E-state index contributed by atoms with van der Waals surface area (Å²) in [6.45, 7) is 3.37. The second kappa shape index (κ2) is 8.03. The highest BCUT2D eigenvalue weighted by atomic mass is 35.5. The van der Waals surface area contributed by atoms with Gasteiger partial charge in [-0.3, -0.25) is 4.79 Å². The molecule has 1 N–H and O–H groups in total. The molecule has 130 valence electrons. The highest BCUT2D eigenvalue weighted by molar-refractivity contribution is 6.30. The predicted molar refractivity (Wildman–Crippen MR) is 99.0 cm³/mol. The minimum atomic E-state index is -0.146. The Morgan fingerprint density at radius 1 is 1.24 bits per heavy atom. The molecule has 0 saturated carbocycles. The first-order valence-electron chi connectivity index (χ1n) is 8.20. The maximum absolute atomic E-state index is 11.9. The molecular weight excluding hydrogens is 338 g/mol. The fraction of sp³-hybridized carbons (Fsp3) is 0.263. The Labute approximate surface area is 151 Å². The van der Waals surface area contributed by atoms with Crippen LogP contribution >= 0.6 is 11.6 Å². The zero-order valence-corrected chi connectivity index (χ0v) is 14.8. The van der Waals surface area contributed by atoms with Crippen LogP contribution in [-0.4, -0.2) is 28.6 Å². The maximum Gasteiger partial charge on any atom is 0.257 e.